The number of benzene rings is 1. The zero-order valence-electron chi connectivity index (χ0n) is 15.2. The molecule has 0 aliphatic carbocycles. The van der Waals surface area contributed by atoms with Gasteiger partial charge in [0.1, 0.15) is 15.5 Å². The Bertz CT molecular complexity index is 1020. The lowest BCUT2D eigenvalue weighted by Gasteiger charge is -2.34. The van der Waals surface area contributed by atoms with Crippen LogP contribution in [-0.2, 0) is 10.2 Å². The largest absolute Gasteiger partial charge is 0.348 e. The molecule has 2 heterocycles. The molecule has 0 unspecified atom stereocenters. The highest BCUT2D eigenvalue weighted by Crippen LogP contribution is 2.43. The molecule has 7 heteroatoms. The summed E-state index contributed by atoms with van der Waals surface area (Å²) >= 11 is 8.46. The number of aromatic nitrogens is 2. The smallest absolute Gasteiger partial charge is 0.233 e. The first kappa shape index (κ1) is 20.2. The van der Waals surface area contributed by atoms with Crippen LogP contribution in [0, 0.1) is 0 Å². The summed E-state index contributed by atoms with van der Waals surface area (Å²) in [6, 6.07) is 11.6. The average molecular weight is 509 g/mol. The van der Waals surface area contributed by atoms with Crippen LogP contribution >= 0.6 is 43.2 Å². The zero-order valence-corrected chi connectivity index (χ0v) is 19.2. The number of pyridine rings is 1. The highest BCUT2D eigenvalue weighted by molar-refractivity contribution is 9.10. The van der Waals surface area contributed by atoms with Crippen molar-refractivity contribution in [1.82, 2.24) is 14.9 Å². The van der Waals surface area contributed by atoms with Crippen LogP contribution in [0.25, 0.3) is 10.2 Å². The molecular formula is C20H19Br2N3OS. The molecule has 0 radical (unpaired) electrons. The Kier molecular flexibility index (Phi) is 5.84. The first-order valence-corrected chi connectivity index (χ1v) is 10.7. The van der Waals surface area contributed by atoms with E-state index in [1.54, 1.807) is 25.1 Å². The number of allylic oxidation sites excluding steroid dienone is 1. The molecule has 0 fully saturated rings. The van der Waals surface area contributed by atoms with Gasteiger partial charge in [-0.2, -0.15) is 0 Å². The molecule has 1 amide bonds. The van der Waals surface area contributed by atoms with Gasteiger partial charge in [-0.1, -0.05) is 28.1 Å². The van der Waals surface area contributed by atoms with Gasteiger partial charge in [0.2, 0.25) is 5.91 Å². The van der Waals surface area contributed by atoms with Gasteiger partial charge < -0.3 is 4.90 Å². The second-order valence-electron chi connectivity index (χ2n) is 6.66. The van der Waals surface area contributed by atoms with Crippen molar-refractivity contribution in [1.29, 1.82) is 0 Å². The molecule has 0 aliphatic heterocycles. The van der Waals surface area contributed by atoms with Crippen LogP contribution in [0.2, 0.25) is 0 Å². The molecule has 1 aromatic carbocycles. The Hall–Kier alpha value is -1.57. The Labute approximate surface area is 179 Å². The molecule has 4 nitrogen and oxygen atoms in total. The molecule has 0 aliphatic rings. The summed E-state index contributed by atoms with van der Waals surface area (Å²) < 4.78 is 2.74. The lowest BCUT2D eigenvalue weighted by Crippen LogP contribution is -2.40. The minimum atomic E-state index is -0.712. The molecule has 27 heavy (non-hydrogen) atoms. The van der Waals surface area contributed by atoms with E-state index in [4.69, 9.17) is 4.98 Å². The molecule has 3 rings (SSSR count). The Morgan fingerprint density at radius 2 is 2.00 bits per heavy atom. The molecule has 0 saturated heterocycles. The van der Waals surface area contributed by atoms with E-state index in [1.165, 1.54) is 11.3 Å². The van der Waals surface area contributed by atoms with E-state index in [2.05, 4.69) is 43.4 Å². The maximum absolute atomic E-state index is 13.2. The van der Waals surface area contributed by atoms with Gasteiger partial charge in [0.15, 0.2) is 0 Å². The Morgan fingerprint density at radius 3 is 2.63 bits per heavy atom. The quantitative estimate of drug-likeness (QED) is 0.336. The first-order chi connectivity index (χ1) is 12.8. The highest BCUT2D eigenvalue weighted by atomic mass is 79.9. The van der Waals surface area contributed by atoms with Gasteiger partial charge in [-0.25, -0.2) is 9.97 Å². The summed E-state index contributed by atoms with van der Waals surface area (Å²) in [6.07, 6.45) is 1.80. The SMILES string of the molecule is C=C[C@@](C)(c1cccc(Br)n1)[C@@H](C(=O)N(C)C)c1nc2ccc(Br)cc2s1. The van der Waals surface area contributed by atoms with E-state index >= 15 is 0 Å². The number of carbonyl (C=O) groups is 1. The van der Waals surface area contributed by atoms with E-state index in [0.717, 1.165) is 30.0 Å². The van der Waals surface area contributed by atoms with Crippen LogP contribution < -0.4 is 0 Å². The number of hydrogen-bond acceptors (Lipinski definition) is 4. The Balaban J connectivity index is 2.22. The Morgan fingerprint density at radius 1 is 1.26 bits per heavy atom. The minimum Gasteiger partial charge on any atom is -0.348 e. The number of hydrogen-bond donors (Lipinski definition) is 0. The molecule has 0 N–H and O–H groups in total. The summed E-state index contributed by atoms with van der Waals surface area (Å²) in [7, 11) is 3.52. The standard InChI is InChI=1S/C20H19Br2N3OS/c1-5-20(2,15-7-6-8-16(22)24-15)17(19(26)25(3)4)18-23-13-10-9-12(21)11-14(13)27-18/h5-11,17H,1H2,2-4H3/t17-,20+/m1/s1. The van der Waals surface area contributed by atoms with E-state index in [1.807, 2.05) is 43.3 Å². The second kappa shape index (κ2) is 7.81. The van der Waals surface area contributed by atoms with E-state index < -0.39 is 11.3 Å². The van der Waals surface area contributed by atoms with Crippen LogP contribution in [-0.4, -0.2) is 34.9 Å². The van der Waals surface area contributed by atoms with Gasteiger partial charge in [0, 0.05) is 24.0 Å². The summed E-state index contributed by atoms with van der Waals surface area (Å²) in [4.78, 5) is 24.2. The van der Waals surface area contributed by atoms with Crippen LogP contribution in [0.4, 0.5) is 0 Å². The molecular weight excluding hydrogens is 490 g/mol. The molecule has 0 spiro atoms. The van der Waals surface area contributed by atoms with Crippen LogP contribution in [0.15, 0.2) is 58.1 Å². The lowest BCUT2D eigenvalue weighted by molar-refractivity contribution is -0.131. The fourth-order valence-corrected chi connectivity index (χ4v) is 5.09. The molecule has 3 aromatic rings. The lowest BCUT2D eigenvalue weighted by atomic mass is 9.73. The van der Waals surface area contributed by atoms with Gasteiger partial charge in [-0.3, -0.25) is 4.79 Å². The van der Waals surface area contributed by atoms with Gasteiger partial charge >= 0.3 is 0 Å². The first-order valence-electron chi connectivity index (χ1n) is 8.30. The van der Waals surface area contributed by atoms with E-state index in [0.29, 0.717) is 0 Å². The fourth-order valence-electron chi connectivity index (χ4n) is 3.00. The van der Waals surface area contributed by atoms with Crippen molar-refractivity contribution in [2.75, 3.05) is 14.1 Å². The van der Waals surface area contributed by atoms with E-state index in [9.17, 15) is 4.79 Å². The zero-order chi connectivity index (χ0) is 19.8. The summed E-state index contributed by atoms with van der Waals surface area (Å²) in [5, 5.41) is 0.756. The topological polar surface area (TPSA) is 46.1 Å². The molecule has 2 atom stereocenters. The second-order valence-corrected chi connectivity index (χ2v) is 9.45. The van der Waals surface area contributed by atoms with Gasteiger partial charge in [-0.15, -0.1) is 17.9 Å². The molecule has 2 aromatic heterocycles. The van der Waals surface area contributed by atoms with Crippen molar-refractivity contribution in [3.8, 4) is 0 Å². The molecule has 140 valence electrons. The fraction of sp³-hybridized carbons (Fsp3) is 0.250. The number of nitrogens with zero attached hydrogens (tertiary/aromatic N) is 3. The predicted molar refractivity (Wildman–Crippen MR) is 118 cm³/mol. The number of amides is 1. The van der Waals surface area contributed by atoms with Crippen molar-refractivity contribution >= 4 is 59.3 Å². The van der Waals surface area contributed by atoms with Crippen LogP contribution in [0.5, 0.6) is 0 Å². The number of carbonyl (C=O) groups excluding carboxylic acids is 1. The van der Waals surface area contributed by atoms with Crippen molar-refractivity contribution in [2.24, 2.45) is 0 Å². The summed E-state index contributed by atoms with van der Waals surface area (Å²) in [5.41, 5.74) is 0.937. The predicted octanol–water partition coefficient (Wildman–Crippen LogP) is 5.53. The monoisotopic (exact) mass is 507 g/mol. The summed E-state index contributed by atoms with van der Waals surface area (Å²) in [6.45, 7) is 6.03. The van der Waals surface area contributed by atoms with Crippen LogP contribution in [0.3, 0.4) is 0 Å². The summed E-state index contributed by atoms with van der Waals surface area (Å²) in [5.74, 6) is -0.555. The molecule has 0 saturated carbocycles. The van der Waals surface area contributed by atoms with Crippen molar-refractivity contribution in [3.63, 3.8) is 0 Å². The number of rotatable bonds is 5. The number of likely N-dealkylation sites (N-methyl/N-ethyl adjacent to an activating group) is 1. The van der Waals surface area contributed by atoms with E-state index in [-0.39, 0.29) is 5.91 Å². The third kappa shape index (κ3) is 3.86. The maximum Gasteiger partial charge on any atom is 0.233 e. The van der Waals surface area contributed by atoms with Crippen molar-refractivity contribution in [3.05, 3.63) is 68.8 Å². The number of thiazole rings is 1. The third-order valence-corrected chi connectivity index (χ3v) is 6.61. The van der Waals surface area contributed by atoms with Crippen LogP contribution in [0.1, 0.15) is 23.5 Å². The average Bonchev–Trinajstić information content (AvgIpc) is 3.03. The highest BCUT2D eigenvalue weighted by Gasteiger charge is 2.43. The third-order valence-electron chi connectivity index (χ3n) is 4.59. The van der Waals surface area contributed by atoms with Gasteiger partial charge in [-0.05, 0) is 53.2 Å². The van der Waals surface area contributed by atoms with Gasteiger partial charge in [0.25, 0.3) is 0 Å². The number of halogens is 2. The van der Waals surface area contributed by atoms with Crippen molar-refractivity contribution < 1.29 is 4.79 Å². The molecule has 0 bridgehead atoms. The number of fused-ring (bicyclic) bond motifs is 1. The normalized spacial score (nSPS) is 14.6. The van der Waals surface area contributed by atoms with Crippen molar-refractivity contribution in [2.45, 2.75) is 18.3 Å². The maximum atomic E-state index is 13.2. The minimum absolute atomic E-state index is 0.0303. The van der Waals surface area contributed by atoms with Gasteiger partial charge in [0.05, 0.1) is 15.9 Å².